The smallest absolute Gasteiger partial charge is 0.0841 e. The minimum Gasteiger partial charge on any atom is -0.372 e. The van der Waals surface area contributed by atoms with Gasteiger partial charge in [-0.05, 0) is 19.9 Å². The van der Waals surface area contributed by atoms with Crippen molar-refractivity contribution in [2.24, 2.45) is 0 Å². The summed E-state index contributed by atoms with van der Waals surface area (Å²) in [5, 5.41) is 0. The summed E-state index contributed by atoms with van der Waals surface area (Å²) in [5.74, 6) is 0. The predicted molar refractivity (Wildman–Crippen MR) is 61.0 cm³/mol. The number of piperidine rings is 1. The van der Waals surface area contributed by atoms with Crippen LogP contribution in [0.5, 0.6) is 0 Å². The van der Waals surface area contributed by atoms with Crippen molar-refractivity contribution < 1.29 is 4.74 Å². The molecule has 0 atom stereocenters. The molecule has 0 saturated carbocycles. The molecule has 0 aromatic rings. The molecule has 2 fully saturated rings. The molecule has 0 N–H and O–H groups in total. The standard InChI is InChI=1S/C9H17IN2O/c1-11-4-2-9(3-5-11)8-12(10)6-7-13-9/h2-8H2,1H3. The zero-order valence-electron chi connectivity index (χ0n) is 8.13. The molecule has 0 amide bonds. The lowest BCUT2D eigenvalue weighted by atomic mass is 9.90. The number of nitrogens with zero attached hydrogens (tertiary/aromatic N) is 2. The monoisotopic (exact) mass is 296 g/mol. The van der Waals surface area contributed by atoms with Gasteiger partial charge in [-0.1, -0.05) is 0 Å². The highest BCUT2D eigenvalue weighted by Gasteiger charge is 2.38. The first-order chi connectivity index (χ1) is 6.20. The highest BCUT2D eigenvalue weighted by atomic mass is 127. The van der Waals surface area contributed by atoms with E-state index in [1.165, 1.54) is 25.9 Å². The van der Waals surface area contributed by atoms with Crippen molar-refractivity contribution in [2.75, 3.05) is 39.8 Å². The van der Waals surface area contributed by atoms with E-state index in [0.29, 0.717) is 0 Å². The van der Waals surface area contributed by atoms with E-state index < -0.39 is 0 Å². The van der Waals surface area contributed by atoms with Gasteiger partial charge in [0.25, 0.3) is 0 Å². The van der Waals surface area contributed by atoms with E-state index in [1.807, 2.05) is 0 Å². The molecule has 4 heteroatoms. The molecule has 0 radical (unpaired) electrons. The molecule has 2 rings (SSSR count). The van der Waals surface area contributed by atoms with Crippen molar-refractivity contribution in [3.8, 4) is 0 Å². The highest BCUT2D eigenvalue weighted by Crippen LogP contribution is 2.30. The van der Waals surface area contributed by atoms with Crippen LogP contribution in [-0.4, -0.2) is 53.4 Å². The molecule has 0 bridgehead atoms. The average molecular weight is 296 g/mol. The molecule has 76 valence electrons. The first-order valence-corrected chi connectivity index (χ1v) is 5.90. The van der Waals surface area contributed by atoms with Gasteiger partial charge >= 0.3 is 0 Å². The van der Waals surface area contributed by atoms with Crippen molar-refractivity contribution in [3.05, 3.63) is 0 Å². The average Bonchev–Trinajstić information content (AvgIpc) is 2.11. The van der Waals surface area contributed by atoms with Crippen LogP contribution in [0, 0.1) is 0 Å². The number of rotatable bonds is 0. The first-order valence-electron chi connectivity index (χ1n) is 4.93. The zero-order valence-corrected chi connectivity index (χ0v) is 10.3. The summed E-state index contributed by atoms with van der Waals surface area (Å²) in [6.07, 6.45) is 2.39. The van der Waals surface area contributed by atoms with Crippen LogP contribution in [0.3, 0.4) is 0 Å². The normalized spacial score (nSPS) is 30.9. The molecule has 2 heterocycles. The predicted octanol–water partition coefficient (Wildman–Crippen LogP) is 1.13. The summed E-state index contributed by atoms with van der Waals surface area (Å²) in [7, 11) is 2.19. The summed E-state index contributed by atoms with van der Waals surface area (Å²) in [6, 6.07) is 0. The van der Waals surface area contributed by atoms with Gasteiger partial charge in [0.15, 0.2) is 0 Å². The van der Waals surface area contributed by atoms with Gasteiger partial charge in [0.2, 0.25) is 0 Å². The van der Waals surface area contributed by atoms with Crippen molar-refractivity contribution in [3.63, 3.8) is 0 Å². The lowest BCUT2D eigenvalue weighted by Crippen LogP contribution is -2.54. The van der Waals surface area contributed by atoms with E-state index in [-0.39, 0.29) is 5.60 Å². The van der Waals surface area contributed by atoms with Crippen LogP contribution in [0.25, 0.3) is 0 Å². The van der Waals surface area contributed by atoms with Crippen LogP contribution in [0.2, 0.25) is 0 Å². The zero-order chi connectivity index (χ0) is 9.31. The van der Waals surface area contributed by atoms with E-state index in [2.05, 4.69) is 37.9 Å². The second-order valence-corrected chi connectivity index (χ2v) is 5.54. The third-order valence-corrected chi connectivity index (χ3v) is 3.92. The fourth-order valence-corrected chi connectivity index (χ4v) is 2.95. The topological polar surface area (TPSA) is 15.7 Å². The Morgan fingerprint density at radius 1 is 1.23 bits per heavy atom. The SMILES string of the molecule is CN1CCC2(CC1)CN(I)CCO2. The van der Waals surface area contributed by atoms with Gasteiger partial charge in [-0.25, -0.2) is 3.11 Å². The van der Waals surface area contributed by atoms with Gasteiger partial charge in [-0.2, -0.15) is 0 Å². The second-order valence-electron chi connectivity index (χ2n) is 4.18. The maximum Gasteiger partial charge on any atom is 0.0841 e. The van der Waals surface area contributed by atoms with Gasteiger partial charge in [0.1, 0.15) is 0 Å². The highest BCUT2D eigenvalue weighted by molar-refractivity contribution is 14.1. The van der Waals surface area contributed by atoms with Gasteiger partial charge in [-0.15, -0.1) is 0 Å². The summed E-state index contributed by atoms with van der Waals surface area (Å²) in [6.45, 7) is 5.47. The molecule has 2 aliphatic heterocycles. The number of hydrogen-bond acceptors (Lipinski definition) is 3. The molecular weight excluding hydrogens is 279 g/mol. The summed E-state index contributed by atoms with van der Waals surface area (Å²) >= 11 is 2.41. The Bertz CT molecular complexity index is 180. The molecule has 2 saturated heterocycles. The van der Waals surface area contributed by atoms with Crippen LogP contribution in [0.4, 0.5) is 0 Å². The number of halogens is 1. The van der Waals surface area contributed by atoms with Crippen LogP contribution in [0.1, 0.15) is 12.8 Å². The van der Waals surface area contributed by atoms with E-state index in [0.717, 1.165) is 19.7 Å². The molecule has 0 aromatic carbocycles. The molecule has 13 heavy (non-hydrogen) atoms. The molecular formula is C9H17IN2O. The summed E-state index contributed by atoms with van der Waals surface area (Å²) < 4.78 is 8.32. The van der Waals surface area contributed by atoms with Crippen molar-refractivity contribution in [2.45, 2.75) is 18.4 Å². The number of likely N-dealkylation sites (tertiary alicyclic amines) is 1. The third-order valence-electron chi connectivity index (χ3n) is 3.10. The number of morpholine rings is 1. The Balaban J connectivity index is 1.95. The molecule has 3 nitrogen and oxygen atoms in total. The molecule has 1 spiro atoms. The quantitative estimate of drug-likeness (QED) is 0.492. The maximum absolute atomic E-state index is 5.95. The molecule has 0 aromatic heterocycles. The summed E-state index contributed by atoms with van der Waals surface area (Å²) in [4.78, 5) is 2.39. The van der Waals surface area contributed by atoms with Crippen LogP contribution in [0.15, 0.2) is 0 Å². The first kappa shape index (κ1) is 10.1. The number of hydrogen-bond donors (Lipinski definition) is 0. The van der Waals surface area contributed by atoms with Gasteiger partial charge in [-0.3, -0.25) is 0 Å². The summed E-state index contributed by atoms with van der Waals surface area (Å²) in [5.41, 5.74) is 0.186. The van der Waals surface area contributed by atoms with Gasteiger partial charge in [0, 0.05) is 49.0 Å². The van der Waals surface area contributed by atoms with Crippen molar-refractivity contribution >= 4 is 22.9 Å². The number of ether oxygens (including phenoxy) is 1. The second kappa shape index (κ2) is 4.00. The fraction of sp³-hybridized carbons (Fsp3) is 1.00. The Morgan fingerprint density at radius 3 is 2.54 bits per heavy atom. The largest absolute Gasteiger partial charge is 0.372 e. The van der Waals surface area contributed by atoms with Crippen molar-refractivity contribution in [1.29, 1.82) is 0 Å². The van der Waals surface area contributed by atoms with E-state index in [9.17, 15) is 0 Å². The fourth-order valence-electron chi connectivity index (χ4n) is 2.13. The lowest BCUT2D eigenvalue weighted by Gasteiger charge is -2.45. The Labute approximate surface area is 93.9 Å². The Morgan fingerprint density at radius 2 is 1.92 bits per heavy atom. The van der Waals surface area contributed by atoms with E-state index in [4.69, 9.17) is 4.74 Å². The van der Waals surface area contributed by atoms with E-state index in [1.54, 1.807) is 0 Å². The molecule has 2 aliphatic rings. The van der Waals surface area contributed by atoms with Crippen LogP contribution in [-0.2, 0) is 4.74 Å². The minimum atomic E-state index is 0.186. The minimum absolute atomic E-state index is 0.186. The Kier molecular flexibility index (Phi) is 3.12. The lowest BCUT2D eigenvalue weighted by molar-refractivity contribution is -0.112. The van der Waals surface area contributed by atoms with Crippen LogP contribution < -0.4 is 0 Å². The van der Waals surface area contributed by atoms with Crippen LogP contribution >= 0.6 is 22.9 Å². The molecule has 0 aliphatic carbocycles. The third kappa shape index (κ3) is 2.34. The molecule has 0 unspecified atom stereocenters. The van der Waals surface area contributed by atoms with E-state index >= 15 is 0 Å². The van der Waals surface area contributed by atoms with Crippen molar-refractivity contribution in [1.82, 2.24) is 8.01 Å². The Hall–Kier alpha value is 0.610. The maximum atomic E-state index is 5.95. The van der Waals surface area contributed by atoms with Gasteiger partial charge < -0.3 is 9.64 Å². The van der Waals surface area contributed by atoms with Gasteiger partial charge in [0.05, 0.1) is 12.2 Å².